The molecule has 1 N–H and O–H groups in total. The zero-order valence-electron chi connectivity index (χ0n) is 13.5. The Bertz CT molecular complexity index is 748. The van der Waals surface area contributed by atoms with Gasteiger partial charge >= 0.3 is 0 Å². The first-order chi connectivity index (χ1) is 11.7. The molecule has 0 atom stereocenters. The van der Waals surface area contributed by atoms with E-state index in [1.807, 2.05) is 29.6 Å². The van der Waals surface area contributed by atoms with E-state index in [0.717, 1.165) is 17.2 Å². The van der Waals surface area contributed by atoms with E-state index in [0.29, 0.717) is 19.6 Å². The number of aryl methyl sites for hydroxylation is 1. The molecule has 3 heterocycles. The maximum Gasteiger partial charge on any atom is 0.234 e. The van der Waals surface area contributed by atoms with Gasteiger partial charge in [0.1, 0.15) is 5.76 Å². The van der Waals surface area contributed by atoms with E-state index >= 15 is 0 Å². The van der Waals surface area contributed by atoms with E-state index in [-0.39, 0.29) is 5.91 Å². The lowest BCUT2D eigenvalue weighted by atomic mass is 10.3. The number of carbonyl (C=O) groups excluding carboxylic acids is 1. The predicted molar refractivity (Wildman–Crippen MR) is 98.0 cm³/mol. The van der Waals surface area contributed by atoms with Gasteiger partial charge < -0.3 is 9.73 Å². The molecule has 0 aliphatic carbocycles. The average Bonchev–Trinajstić information content (AvgIpc) is 3.28. The highest BCUT2D eigenvalue weighted by atomic mass is 32.1. The normalized spacial score (nSPS) is 11.1. The summed E-state index contributed by atoms with van der Waals surface area (Å²) in [5, 5.41) is 5.01. The van der Waals surface area contributed by atoms with Gasteiger partial charge in [0.15, 0.2) is 0 Å². The Labute approximate surface area is 149 Å². The Balaban J connectivity index is 1.58. The van der Waals surface area contributed by atoms with E-state index in [2.05, 4.69) is 29.3 Å². The molecular formula is C18H20N2O2S2. The van der Waals surface area contributed by atoms with Crippen molar-refractivity contribution in [2.75, 3.05) is 6.54 Å². The third-order valence-electron chi connectivity index (χ3n) is 3.54. The number of carbonyl (C=O) groups is 1. The van der Waals surface area contributed by atoms with Crippen molar-refractivity contribution < 1.29 is 9.21 Å². The molecule has 24 heavy (non-hydrogen) atoms. The summed E-state index contributed by atoms with van der Waals surface area (Å²) in [7, 11) is 0. The summed E-state index contributed by atoms with van der Waals surface area (Å²) < 4.78 is 5.44. The summed E-state index contributed by atoms with van der Waals surface area (Å²) in [5.74, 6) is 0.901. The monoisotopic (exact) mass is 360 g/mol. The molecule has 0 spiro atoms. The molecule has 3 aromatic rings. The zero-order valence-corrected chi connectivity index (χ0v) is 15.2. The van der Waals surface area contributed by atoms with Crippen molar-refractivity contribution in [1.82, 2.24) is 10.2 Å². The van der Waals surface area contributed by atoms with Gasteiger partial charge in [0.2, 0.25) is 5.91 Å². The molecule has 0 aromatic carbocycles. The van der Waals surface area contributed by atoms with Crippen LogP contribution in [0.25, 0.3) is 0 Å². The van der Waals surface area contributed by atoms with Crippen LogP contribution in [0.2, 0.25) is 0 Å². The molecule has 0 saturated carbocycles. The van der Waals surface area contributed by atoms with Crippen LogP contribution in [-0.2, 0) is 24.4 Å². The third-order valence-corrected chi connectivity index (χ3v) is 5.40. The van der Waals surface area contributed by atoms with Crippen molar-refractivity contribution in [3.05, 3.63) is 68.4 Å². The SMILES string of the molecule is Cc1ccc(CN(CC(=O)NCc2cccs2)Cc2ccco2)s1. The largest absolute Gasteiger partial charge is 0.468 e. The average molecular weight is 361 g/mol. The van der Waals surface area contributed by atoms with Gasteiger partial charge in [-0.1, -0.05) is 6.07 Å². The second kappa shape index (κ2) is 8.28. The Kier molecular flexibility index (Phi) is 5.85. The second-order valence-corrected chi connectivity index (χ2v) is 8.00. The summed E-state index contributed by atoms with van der Waals surface area (Å²) in [6.07, 6.45) is 1.67. The number of thiophene rings is 2. The number of nitrogens with one attached hydrogen (secondary N) is 1. The van der Waals surface area contributed by atoms with Crippen LogP contribution in [0.15, 0.2) is 52.5 Å². The molecule has 0 aliphatic rings. The van der Waals surface area contributed by atoms with Crippen molar-refractivity contribution in [3.63, 3.8) is 0 Å². The summed E-state index contributed by atoms with van der Waals surface area (Å²) >= 11 is 3.42. The lowest BCUT2D eigenvalue weighted by Gasteiger charge is -2.20. The molecule has 0 saturated heterocycles. The standard InChI is InChI=1S/C18H20N2O2S2/c1-14-6-7-17(24-14)12-20(11-15-4-2-8-22-15)13-18(21)19-10-16-5-3-9-23-16/h2-9H,10-13H2,1H3,(H,19,21). The number of hydrogen-bond donors (Lipinski definition) is 1. The van der Waals surface area contributed by atoms with Gasteiger partial charge in [0.25, 0.3) is 0 Å². The second-order valence-electron chi connectivity index (χ2n) is 5.59. The predicted octanol–water partition coefficient (Wildman–Crippen LogP) is 4.03. The molecule has 0 aliphatic heterocycles. The Hall–Kier alpha value is -1.89. The highest BCUT2D eigenvalue weighted by Crippen LogP contribution is 2.18. The molecule has 0 radical (unpaired) electrons. The van der Waals surface area contributed by atoms with Gasteiger partial charge in [0, 0.05) is 21.2 Å². The van der Waals surface area contributed by atoms with Gasteiger partial charge in [-0.25, -0.2) is 0 Å². The fourth-order valence-electron chi connectivity index (χ4n) is 2.44. The topological polar surface area (TPSA) is 45.5 Å². The van der Waals surface area contributed by atoms with Gasteiger partial charge in [-0.15, -0.1) is 22.7 Å². The Morgan fingerprint density at radius 1 is 1.17 bits per heavy atom. The highest BCUT2D eigenvalue weighted by Gasteiger charge is 2.14. The molecule has 0 fully saturated rings. The molecular weight excluding hydrogens is 340 g/mol. The lowest BCUT2D eigenvalue weighted by molar-refractivity contribution is -0.122. The fourth-order valence-corrected chi connectivity index (χ4v) is 4.02. The van der Waals surface area contributed by atoms with Crippen molar-refractivity contribution in [3.8, 4) is 0 Å². The van der Waals surface area contributed by atoms with Crippen LogP contribution in [0.1, 0.15) is 20.4 Å². The van der Waals surface area contributed by atoms with Crippen LogP contribution in [-0.4, -0.2) is 17.4 Å². The van der Waals surface area contributed by atoms with Gasteiger partial charge in [-0.2, -0.15) is 0 Å². The van der Waals surface area contributed by atoms with E-state index < -0.39 is 0 Å². The molecule has 6 heteroatoms. The van der Waals surface area contributed by atoms with Crippen LogP contribution in [0.5, 0.6) is 0 Å². The minimum absolute atomic E-state index is 0.0308. The number of rotatable bonds is 8. The Morgan fingerprint density at radius 2 is 2.08 bits per heavy atom. The maximum absolute atomic E-state index is 12.3. The van der Waals surface area contributed by atoms with Crippen molar-refractivity contribution in [1.29, 1.82) is 0 Å². The first-order valence-electron chi connectivity index (χ1n) is 7.78. The Morgan fingerprint density at radius 3 is 2.75 bits per heavy atom. The van der Waals surface area contributed by atoms with Crippen LogP contribution in [0.3, 0.4) is 0 Å². The lowest BCUT2D eigenvalue weighted by Crippen LogP contribution is -2.36. The molecule has 0 bridgehead atoms. The first kappa shape index (κ1) is 17.0. The molecule has 0 unspecified atom stereocenters. The van der Waals surface area contributed by atoms with Crippen molar-refractivity contribution >= 4 is 28.6 Å². The van der Waals surface area contributed by atoms with E-state index in [1.165, 1.54) is 9.75 Å². The fraction of sp³-hybridized carbons (Fsp3) is 0.278. The summed E-state index contributed by atoms with van der Waals surface area (Å²) in [6, 6.07) is 12.1. The van der Waals surface area contributed by atoms with E-state index in [1.54, 1.807) is 28.9 Å². The van der Waals surface area contributed by atoms with Crippen LogP contribution < -0.4 is 5.32 Å². The van der Waals surface area contributed by atoms with Crippen molar-refractivity contribution in [2.24, 2.45) is 0 Å². The third kappa shape index (κ3) is 5.06. The zero-order chi connectivity index (χ0) is 16.8. The molecule has 1 amide bonds. The first-order valence-corrected chi connectivity index (χ1v) is 9.48. The van der Waals surface area contributed by atoms with Crippen molar-refractivity contribution in [2.45, 2.75) is 26.6 Å². The quantitative estimate of drug-likeness (QED) is 0.660. The van der Waals surface area contributed by atoms with Gasteiger partial charge in [0.05, 0.1) is 25.9 Å². The van der Waals surface area contributed by atoms with Crippen LogP contribution >= 0.6 is 22.7 Å². The number of furan rings is 1. The van der Waals surface area contributed by atoms with Gasteiger partial charge in [-0.3, -0.25) is 9.69 Å². The molecule has 3 aromatic heterocycles. The van der Waals surface area contributed by atoms with Gasteiger partial charge in [-0.05, 0) is 42.6 Å². The molecule has 4 nitrogen and oxygen atoms in total. The summed E-state index contributed by atoms with van der Waals surface area (Å²) in [4.78, 5) is 18.1. The maximum atomic E-state index is 12.3. The van der Waals surface area contributed by atoms with E-state index in [4.69, 9.17) is 4.42 Å². The van der Waals surface area contributed by atoms with Crippen LogP contribution in [0.4, 0.5) is 0 Å². The van der Waals surface area contributed by atoms with Crippen LogP contribution in [0, 0.1) is 6.92 Å². The number of nitrogens with zero attached hydrogens (tertiary/aromatic N) is 1. The number of amides is 1. The number of hydrogen-bond acceptors (Lipinski definition) is 5. The minimum atomic E-state index is 0.0308. The summed E-state index contributed by atoms with van der Waals surface area (Å²) in [5.41, 5.74) is 0. The molecule has 3 rings (SSSR count). The summed E-state index contributed by atoms with van der Waals surface area (Å²) in [6.45, 7) is 4.40. The minimum Gasteiger partial charge on any atom is -0.468 e. The van der Waals surface area contributed by atoms with E-state index in [9.17, 15) is 4.79 Å². The highest BCUT2D eigenvalue weighted by molar-refractivity contribution is 7.11. The molecule has 126 valence electrons. The smallest absolute Gasteiger partial charge is 0.234 e.